The first-order chi connectivity index (χ1) is 8.86. The molecule has 5 heteroatoms. The second-order valence-corrected chi connectivity index (χ2v) is 5.54. The van der Waals surface area contributed by atoms with Crippen molar-refractivity contribution in [3.63, 3.8) is 0 Å². The van der Waals surface area contributed by atoms with E-state index in [-0.39, 0.29) is 17.1 Å². The van der Waals surface area contributed by atoms with Crippen LogP contribution in [0.25, 0.3) is 11.1 Å². The number of rotatable bonds is 3. The maximum absolute atomic E-state index is 13.1. The number of aromatic nitrogens is 1. The summed E-state index contributed by atoms with van der Waals surface area (Å²) >= 11 is 6.09. The molecule has 0 saturated carbocycles. The van der Waals surface area contributed by atoms with Crippen molar-refractivity contribution in [1.82, 2.24) is 5.16 Å². The molecular formula is C14H16ClFN2O. The molecule has 2 N–H and O–H groups in total. The third-order valence-electron chi connectivity index (χ3n) is 3.42. The van der Waals surface area contributed by atoms with Crippen LogP contribution in [-0.2, 0) is 5.41 Å². The van der Waals surface area contributed by atoms with E-state index in [0.29, 0.717) is 21.9 Å². The smallest absolute Gasteiger partial charge is 0.175 e. The molecule has 0 unspecified atom stereocenters. The maximum atomic E-state index is 13.1. The first-order valence-corrected chi connectivity index (χ1v) is 6.45. The quantitative estimate of drug-likeness (QED) is 0.907. The molecule has 0 aliphatic heterocycles. The summed E-state index contributed by atoms with van der Waals surface area (Å²) in [4.78, 5) is 0. The number of hydrogen-bond donors (Lipinski definition) is 1. The van der Waals surface area contributed by atoms with Crippen LogP contribution in [0.15, 0.2) is 22.7 Å². The number of nitrogens with two attached hydrogens (primary N) is 1. The average molecular weight is 283 g/mol. The van der Waals surface area contributed by atoms with Crippen LogP contribution < -0.4 is 5.73 Å². The first kappa shape index (κ1) is 13.9. The van der Waals surface area contributed by atoms with E-state index >= 15 is 0 Å². The topological polar surface area (TPSA) is 52.0 Å². The van der Waals surface area contributed by atoms with Crippen molar-refractivity contribution < 1.29 is 8.91 Å². The Balaban J connectivity index is 2.65. The Morgan fingerprint density at radius 2 is 2.11 bits per heavy atom. The van der Waals surface area contributed by atoms with Crippen molar-refractivity contribution >= 4 is 17.4 Å². The van der Waals surface area contributed by atoms with E-state index in [4.69, 9.17) is 21.9 Å². The summed E-state index contributed by atoms with van der Waals surface area (Å²) in [5.74, 6) is 0.547. The van der Waals surface area contributed by atoms with Gasteiger partial charge in [-0.25, -0.2) is 4.39 Å². The van der Waals surface area contributed by atoms with E-state index in [1.54, 1.807) is 6.07 Å². The van der Waals surface area contributed by atoms with Crippen LogP contribution in [-0.4, -0.2) is 5.16 Å². The predicted octanol–water partition coefficient (Wildman–Crippen LogP) is 4.40. The summed E-state index contributed by atoms with van der Waals surface area (Å²) in [5.41, 5.74) is 6.94. The number of benzene rings is 1. The molecule has 0 aliphatic carbocycles. The van der Waals surface area contributed by atoms with E-state index in [9.17, 15) is 4.39 Å². The number of hydrogen-bond acceptors (Lipinski definition) is 3. The molecule has 0 aliphatic rings. The molecule has 0 bridgehead atoms. The summed E-state index contributed by atoms with van der Waals surface area (Å²) in [6.45, 7) is 6.12. The standard InChI is InChI=1S/C14H16ClFN2O/c1-4-14(2,3)12-11(13(17)18-19-12)9-6-5-8(16)7-10(9)15/h5-7H,4H2,1-3H3,(H2,17,18). The fourth-order valence-corrected chi connectivity index (χ4v) is 2.14. The van der Waals surface area contributed by atoms with E-state index in [0.717, 1.165) is 6.42 Å². The lowest BCUT2D eigenvalue weighted by Crippen LogP contribution is -2.15. The van der Waals surface area contributed by atoms with Crippen molar-refractivity contribution in [3.8, 4) is 11.1 Å². The molecule has 0 atom stereocenters. The van der Waals surface area contributed by atoms with Gasteiger partial charge in [-0.15, -0.1) is 0 Å². The van der Waals surface area contributed by atoms with Crippen molar-refractivity contribution in [3.05, 3.63) is 34.8 Å². The van der Waals surface area contributed by atoms with Crippen LogP contribution in [0.4, 0.5) is 10.2 Å². The molecule has 2 aromatic rings. The van der Waals surface area contributed by atoms with Crippen molar-refractivity contribution in [1.29, 1.82) is 0 Å². The Hall–Kier alpha value is -1.55. The third kappa shape index (κ3) is 2.45. The number of anilines is 1. The largest absolute Gasteiger partial charge is 0.380 e. The van der Waals surface area contributed by atoms with Gasteiger partial charge in [-0.2, -0.15) is 0 Å². The Kier molecular flexibility index (Phi) is 3.54. The molecule has 102 valence electrons. The molecule has 1 aromatic carbocycles. The van der Waals surface area contributed by atoms with Crippen molar-refractivity contribution in [2.45, 2.75) is 32.6 Å². The van der Waals surface area contributed by atoms with Gasteiger partial charge in [-0.3, -0.25) is 0 Å². The van der Waals surface area contributed by atoms with Crippen molar-refractivity contribution in [2.24, 2.45) is 0 Å². The molecule has 0 radical (unpaired) electrons. The summed E-state index contributed by atoms with van der Waals surface area (Å²) in [7, 11) is 0. The average Bonchev–Trinajstić information content (AvgIpc) is 2.72. The van der Waals surface area contributed by atoms with Gasteiger partial charge < -0.3 is 10.3 Å². The van der Waals surface area contributed by atoms with Gasteiger partial charge in [-0.1, -0.05) is 37.5 Å². The van der Waals surface area contributed by atoms with Gasteiger partial charge in [0.05, 0.1) is 10.6 Å². The Morgan fingerprint density at radius 1 is 1.42 bits per heavy atom. The lowest BCUT2D eigenvalue weighted by atomic mass is 9.83. The summed E-state index contributed by atoms with van der Waals surface area (Å²) < 4.78 is 18.5. The Labute approximate surface area is 116 Å². The van der Waals surface area contributed by atoms with Gasteiger partial charge in [0.2, 0.25) is 0 Å². The lowest BCUT2D eigenvalue weighted by Gasteiger charge is -2.20. The highest BCUT2D eigenvalue weighted by Crippen LogP contribution is 2.41. The Morgan fingerprint density at radius 3 is 2.68 bits per heavy atom. The van der Waals surface area contributed by atoms with Gasteiger partial charge >= 0.3 is 0 Å². The van der Waals surface area contributed by atoms with Crippen LogP contribution in [0, 0.1) is 5.82 Å². The molecule has 1 aromatic heterocycles. The van der Waals surface area contributed by atoms with Crippen LogP contribution in [0.3, 0.4) is 0 Å². The summed E-state index contributed by atoms with van der Waals surface area (Å²) in [5, 5.41) is 4.12. The molecule has 19 heavy (non-hydrogen) atoms. The minimum atomic E-state index is -0.389. The highest BCUT2D eigenvalue weighted by atomic mass is 35.5. The van der Waals surface area contributed by atoms with E-state index < -0.39 is 0 Å². The van der Waals surface area contributed by atoms with Crippen LogP contribution >= 0.6 is 11.6 Å². The second kappa shape index (κ2) is 4.85. The third-order valence-corrected chi connectivity index (χ3v) is 3.73. The van der Waals surface area contributed by atoms with Gasteiger partial charge in [-0.05, 0) is 24.6 Å². The number of nitrogen functional groups attached to an aromatic ring is 1. The monoisotopic (exact) mass is 282 g/mol. The van der Waals surface area contributed by atoms with Gasteiger partial charge in [0, 0.05) is 11.0 Å². The molecule has 0 fully saturated rings. The van der Waals surface area contributed by atoms with Gasteiger partial charge in [0.15, 0.2) is 11.6 Å². The molecule has 0 saturated heterocycles. The molecule has 1 heterocycles. The number of nitrogens with zero attached hydrogens (tertiary/aromatic N) is 1. The SMILES string of the molecule is CCC(C)(C)c1onc(N)c1-c1ccc(F)cc1Cl. The summed E-state index contributed by atoms with van der Waals surface area (Å²) in [6.07, 6.45) is 0.855. The molecule has 2 rings (SSSR count). The fraction of sp³-hybridized carbons (Fsp3) is 0.357. The predicted molar refractivity (Wildman–Crippen MR) is 74.6 cm³/mol. The zero-order valence-electron chi connectivity index (χ0n) is 11.1. The van der Waals surface area contributed by atoms with Crippen LogP contribution in [0.5, 0.6) is 0 Å². The molecular weight excluding hydrogens is 267 g/mol. The minimum Gasteiger partial charge on any atom is -0.380 e. The second-order valence-electron chi connectivity index (χ2n) is 5.13. The normalized spacial score (nSPS) is 11.8. The highest BCUT2D eigenvalue weighted by molar-refractivity contribution is 6.33. The van der Waals surface area contributed by atoms with E-state index in [1.165, 1.54) is 12.1 Å². The molecule has 3 nitrogen and oxygen atoms in total. The van der Waals surface area contributed by atoms with E-state index in [1.807, 2.05) is 13.8 Å². The van der Waals surface area contributed by atoms with Crippen LogP contribution in [0.2, 0.25) is 5.02 Å². The first-order valence-electron chi connectivity index (χ1n) is 6.08. The Bertz CT molecular complexity index is 607. The van der Waals surface area contributed by atoms with E-state index in [2.05, 4.69) is 12.1 Å². The van der Waals surface area contributed by atoms with Gasteiger partial charge in [0.1, 0.15) is 5.82 Å². The van der Waals surface area contributed by atoms with Gasteiger partial charge in [0.25, 0.3) is 0 Å². The zero-order chi connectivity index (χ0) is 14.2. The molecule has 0 spiro atoms. The maximum Gasteiger partial charge on any atom is 0.175 e. The summed E-state index contributed by atoms with van der Waals surface area (Å²) in [6, 6.07) is 4.19. The highest BCUT2D eigenvalue weighted by Gasteiger charge is 2.30. The minimum absolute atomic E-state index is 0.225. The zero-order valence-corrected chi connectivity index (χ0v) is 11.9. The molecule has 0 amide bonds. The lowest BCUT2D eigenvalue weighted by molar-refractivity contribution is 0.313. The van der Waals surface area contributed by atoms with Crippen molar-refractivity contribution in [2.75, 3.05) is 5.73 Å². The van der Waals surface area contributed by atoms with Crippen LogP contribution in [0.1, 0.15) is 33.0 Å². The fourth-order valence-electron chi connectivity index (χ4n) is 1.88. The number of halogens is 2.